The van der Waals surface area contributed by atoms with E-state index in [0.717, 1.165) is 12.8 Å². The Morgan fingerprint density at radius 3 is 2.33 bits per heavy atom. The van der Waals surface area contributed by atoms with Crippen molar-refractivity contribution >= 4 is 5.57 Å². The van der Waals surface area contributed by atoms with E-state index >= 15 is 0 Å². The zero-order valence-electron chi connectivity index (χ0n) is 9.53. The van der Waals surface area contributed by atoms with Gasteiger partial charge < -0.3 is 5.73 Å². The lowest BCUT2D eigenvalue weighted by atomic mass is 9.99. The molecule has 0 fully saturated rings. The van der Waals surface area contributed by atoms with Crippen molar-refractivity contribution in [1.29, 1.82) is 0 Å². The standard InChI is InChI=1S/C14H19N/c1-10(2)11-3-5-12(6-4-11)13-7-8-14(15)9-13/h3-6,9-10,14H,7-8,15H2,1-2H3. The summed E-state index contributed by atoms with van der Waals surface area (Å²) < 4.78 is 0. The molecule has 1 aliphatic carbocycles. The molecule has 1 nitrogen and oxygen atoms in total. The van der Waals surface area contributed by atoms with Crippen molar-refractivity contribution in [2.45, 2.75) is 38.6 Å². The fourth-order valence-electron chi connectivity index (χ4n) is 2.07. The number of rotatable bonds is 2. The first kappa shape index (κ1) is 10.4. The van der Waals surface area contributed by atoms with E-state index < -0.39 is 0 Å². The van der Waals surface area contributed by atoms with Crippen molar-refractivity contribution in [3.8, 4) is 0 Å². The minimum atomic E-state index is 0.268. The first-order chi connectivity index (χ1) is 7.16. The average Bonchev–Trinajstić information content (AvgIpc) is 2.65. The van der Waals surface area contributed by atoms with E-state index in [4.69, 9.17) is 5.73 Å². The van der Waals surface area contributed by atoms with Crippen molar-refractivity contribution < 1.29 is 0 Å². The van der Waals surface area contributed by atoms with Crippen LogP contribution in [0.4, 0.5) is 0 Å². The second-order valence-corrected chi connectivity index (χ2v) is 4.67. The SMILES string of the molecule is CC(C)c1ccc(C2=CC(N)CC2)cc1. The number of nitrogens with two attached hydrogens (primary N) is 1. The summed E-state index contributed by atoms with van der Waals surface area (Å²) in [7, 11) is 0. The molecule has 1 aliphatic rings. The molecule has 0 saturated carbocycles. The fraction of sp³-hybridized carbons (Fsp3) is 0.429. The highest BCUT2D eigenvalue weighted by atomic mass is 14.6. The van der Waals surface area contributed by atoms with Crippen molar-refractivity contribution in [3.63, 3.8) is 0 Å². The average molecular weight is 201 g/mol. The lowest BCUT2D eigenvalue weighted by Crippen LogP contribution is -2.11. The summed E-state index contributed by atoms with van der Waals surface area (Å²) in [4.78, 5) is 0. The summed E-state index contributed by atoms with van der Waals surface area (Å²) in [6.07, 6.45) is 4.42. The fourth-order valence-corrected chi connectivity index (χ4v) is 2.07. The Kier molecular flexibility index (Phi) is 2.92. The van der Waals surface area contributed by atoms with Crippen LogP contribution in [0.25, 0.3) is 5.57 Å². The normalized spacial score (nSPS) is 20.8. The van der Waals surface area contributed by atoms with E-state index in [0.29, 0.717) is 5.92 Å². The molecule has 0 aromatic heterocycles. The molecule has 0 aliphatic heterocycles. The van der Waals surface area contributed by atoms with Gasteiger partial charge in [0.1, 0.15) is 0 Å². The summed E-state index contributed by atoms with van der Waals surface area (Å²) in [5.41, 5.74) is 10.0. The smallest absolute Gasteiger partial charge is 0.0232 e. The highest BCUT2D eigenvalue weighted by molar-refractivity contribution is 5.68. The Morgan fingerprint density at radius 1 is 1.20 bits per heavy atom. The first-order valence-electron chi connectivity index (χ1n) is 5.73. The van der Waals surface area contributed by atoms with Crippen LogP contribution in [-0.4, -0.2) is 6.04 Å². The summed E-state index contributed by atoms with van der Waals surface area (Å²) in [6, 6.07) is 9.16. The summed E-state index contributed by atoms with van der Waals surface area (Å²) in [5.74, 6) is 0.610. The van der Waals surface area contributed by atoms with E-state index in [1.807, 2.05) is 0 Å². The molecule has 2 rings (SSSR count). The van der Waals surface area contributed by atoms with Crippen LogP contribution in [0.2, 0.25) is 0 Å². The molecule has 1 atom stereocenters. The largest absolute Gasteiger partial charge is 0.324 e. The molecule has 0 amide bonds. The molecule has 0 heterocycles. The highest BCUT2D eigenvalue weighted by Gasteiger charge is 2.13. The zero-order chi connectivity index (χ0) is 10.8. The molecule has 1 unspecified atom stereocenters. The third kappa shape index (κ3) is 2.29. The van der Waals surface area contributed by atoms with Crippen LogP contribution in [0, 0.1) is 0 Å². The monoisotopic (exact) mass is 201 g/mol. The van der Waals surface area contributed by atoms with Gasteiger partial charge in [-0.2, -0.15) is 0 Å². The van der Waals surface area contributed by atoms with Crippen LogP contribution in [0.3, 0.4) is 0 Å². The van der Waals surface area contributed by atoms with Gasteiger partial charge in [0.15, 0.2) is 0 Å². The molecule has 15 heavy (non-hydrogen) atoms. The number of allylic oxidation sites excluding steroid dienone is 1. The molecule has 0 radical (unpaired) electrons. The van der Waals surface area contributed by atoms with Crippen molar-refractivity contribution in [2.24, 2.45) is 5.73 Å². The maximum absolute atomic E-state index is 5.86. The third-order valence-electron chi connectivity index (χ3n) is 3.11. The minimum absolute atomic E-state index is 0.268. The van der Waals surface area contributed by atoms with Gasteiger partial charge in [0.2, 0.25) is 0 Å². The van der Waals surface area contributed by atoms with Gasteiger partial charge in [0.25, 0.3) is 0 Å². The Labute approximate surface area is 92.0 Å². The van der Waals surface area contributed by atoms with Crippen LogP contribution in [0.1, 0.15) is 43.7 Å². The Bertz CT molecular complexity index is 359. The van der Waals surface area contributed by atoms with Gasteiger partial charge in [-0.25, -0.2) is 0 Å². The number of benzene rings is 1. The topological polar surface area (TPSA) is 26.0 Å². The van der Waals surface area contributed by atoms with Crippen molar-refractivity contribution in [2.75, 3.05) is 0 Å². The molecular weight excluding hydrogens is 182 g/mol. The van der Waals surface area contributed by atoms with Crippen molar-refractivity contribution in [1.82, 2.24) is 0 Å². The first-order valence-corrected chi connectivity index (χ1v) is 5.73. The van der Waals surface area contributed by atoms with Crippen LogP contribution in [0.15, 0.2) is 30.3 Å². The van der Waals surface area contributed by atoms with Gasteiger partial charge in [-0.05, 0) is 35.5 Å². The lowest BCUT2D eigenvalue weighted by Gasteiger charge is -2.07. The minimum Gasteiger partial charge on any atom is -0.324 e. The Hall–Kier alpha value is -1.08. The van der Waals surface area contributed by atoms with Gasteiger partial charge >= 0.3 is 0 Å². The van der Waals surface area contributed by atoms with Crippen LogP contribution >= 0.6 is 0 Å². The molecule has 1 heteroatoms. The van der Waals surface area contributed by atoms with Crippen LogP contribution < -0.4 is 5.73 Å². The molecule has 1 aromatic carbocycles. The quantitative estimate of drug-likeness (QED) is 0.780. The van der Waals surface area contributed by atoms with Crippen molar-refractivity contribution in [3.05, 3.63) is 41.5 Å². The molecule has 0 bridgehead atoms. The molecule has 1 aromatic rings. The molecule has 0 spiro atoms. The third-order valence-corrected chi connectivity index (χ3v) is 3.11. The predicted molar refractivity (Wildman–Crippen MR) is 65.7 cm³/mol. The van der Waals surface area contributed by atoms with Crippen LogP contribution in [-0.2, 0) is 0 Å². The number of hydrogen-bond donors (Lipinski definition) is 1. The molecule has 0 saturated heterocycles. The van der Waals surface area contributed by atoms with E-state index in [2.05, 4.69) is 44.2 Å². The van der Waals surface area contributed by atoms with Gasteiger partial charge in [-0.1, -0.05) is 44.2 Å². The van der Waals surface area contributed by atoms with E-state index in [-0.39, 0.29) is 6.04 Å². The maximum atomic E-state index is 5.86. The van der Waals surface area contributed by atoms with Gasteiger partial charge in [-0.3, -0.25) is 0 Å². The van der Waals surface area contributed by atoms with Gasteiger partial charge in [0.05, 0.1) is 0 Å². The molecular formula is C14H19N. The predicted octanol–water partition coefficient (Wildman–Crippen LogP) is 3.31. The highest BCUT2D eigenvalue weighted by Crippen LogP contribution is 2.28. The maximum Gasteiger partial charge on any atom is 0.0232 e. The van der Waals surface area contributed by atoms with Gasteiger partial charge in [0, 0.05) is 6.04 Å². The van der Waals surface area contributed by atoms with E-state index in [1.165, 1.54) is 16.7 Å². The summed E-state index contributed by atoms with van der Waals surface area (Å²) >= 11 is 0. The Balaban J connectivity index is 2.20. The molecule has 2 N–H and O–H groups in total. The molecule has 80 valence electrons. The second kappa shape index (κ2) is 4.19. The Morgan fingerprint density at radius 2 is 1.87 bits per heavy atom. The number of hydrogen-bond acceptors (Lipinski definition) is 1. The van der Waals surface area contributed by atoms with Gasteiger partial charge in [-0.15, -0.1) is 0 Å². The van der Waals surface area contributed by atoms with E-state index in [1.54, 1.807) is 0 Å². The second-order valence-electron chi connectivity index (χ2n) is 4.67. The van der Waals surface area contributed by atoms with Crippen LogP contribution in [0.5, 0.6) is 0 Å². The summed E-state index contributed by atoms with van der Waals surface area (Å²) in [5, 5.41) is 0. The van der Waals surface area contributed by atoms with E-state index in [9.17, 15) is 0 Å². The zero-order valence-corrected chi connectivity index (χ0v) is 9.53. The summed E-state index contributed by atoms with van der Waals surface area (Å²) in [6.45, 7) is 4.44. The lowest BCUT2D eigenvalue weighted by molar-refractivity contribution is 0.782.